The van der Waals surface area contributed by atoms with E-state index in [0.29, 0.717) is 23.7 Å². The Balaban J connectivity index is 1.78. The quantitative estimate of drug-likeness (QED) is 0.820. The number of carbonyl (C=O) groups is 2. The Bertz CT molecular complexity index is 698. The van der Waals surface area contributed by atoms with Gasteiger partial charge in [0.2, 0.25) is 0 Å². The molecule has 1 spiro atoms. The van der Waals surface area contributed by atoms with Crippen LogP contribution >= 0.6 is 0 Å². The normalized spacial score (nSPS) is 21.3. The first-order chi connectivity index (χ1) is 13.0. The molecule has 2 saturated heterocycles. The fraction of sp³-hybridized carbons (Fsp3) is 0.600. The van der Waals surface area contributed by atoms with Gasteiger partial charge in [-0.05, 0) is 56.7 Å². The Morgan fingerprint density at radius 2 is 1.96 bits per heavy atom. The van der Waals surface area contributed by atoms with Gasteiger partial charge < -0.3 is 24.2 Å². The summed E-state index contributed by atoms with van der Waals surface area (Å²) in [5, 5.41) is 8.80. The van der Waals surface area contributed by atoms with Crippen LogP contribution in [0.25, 0.3) is 0 Å². The average molecular weight is 377 g/mol. The van der Waals surface area contributed by atoms with Gasteiger partial charge in [-0.3, -0.25) is 4.79 Å². The van der Waals surface area contributed by atoms with E-state index in [1.54, 1.807) is 18.2 Å². The Kier molecular flexibility index (Phi) is 5.89. The van der Waals surface area contributed by atoms with Gasteiger partial charge in [0, 0.05) is 31.4 Å². The molecule has 1 amide bonds. The van der Waals surface area contributed by atoms with Crippen molar-refractivity contribution in [2.24, 2.45) is 5.41 Å². The molecule has 1 atom stereocenters. The summed E-state index contributed by atoms with van der Waals surface area (Å²) in [5.74, 6) is -0.384. The zero-order valence-corrected chi connectivity index (χ0v) is 15.9. The molecular weight excluding hydrogens is 350 g/mol. The Hall–Kier alpha value is -2.28. The molecule has 7 nitrogen and oxygen atoms in total. The first-order valence-electron chi connectivity index (χ1n) is 9.47. The van der Waals surface area contributed by atoms with Crippen molar-refractivity contribution in [2.75, 3.05) is 33.0 Å². The summed E-state index contributed by atoms with van der Waals surface area (Å²) < 4.78 is 16.3. The van der Waals surface area contributed by atoms with Gasteiger partial charge in [0.1, 0.15) is 0 Å². The summed E-state index contributed by atoms with van der Waals surface area (Å²) in [6.45, 7) is 6.15. The zero-order valence-electron chi connectivity index (χ0n) is 15.9. The third kappa shape index (κ3) is 4.03. The van der Waals surface area contributed by atoms with E-state index < -0.39 is 12.6 Å². The summed E-state index contributed by atoms with van der Waals surface area (Å²) >= 11 is 0. The summed E-state index contributed by atoms with van der Waals surface area (Å²) in [5.41, 5.74) is 0.679. The summed E-state index contributed by atoms with van der Waals surface area (Å²) in [6.07, 6.45) is 2.98. The van der Waals surface area contributed by atoms with Crippen molar-refractivity contribution < 1.29 is 28.9 Å². The summed E-state index contributed by atoms with van der Waals surface area (Å²) in [7, 11) is 0. The molecule has 2 aliphatic rings. The van der Waals surface area contributed by atoms with Gasteiger partial charge in [0.15, 0.2) is 18.1 Å². The minimum atomic E-state index is -1.06. The number of aliphatic carboxylic acids is 1. The van der Waals surface area contributed by atoms with Crippen LogP contribution in [0.5, 0.6) is 11.5 Å². The highest BCUT2D eigenvalue weighted by atomic mass is 16.5. The average Bonchev–Trinajstić information content (AvgIpc) is 2.97. The lowest BCUT2D eigenvalue weighted by molar-refractivity contribution is -0.139. The van der Waals surface area contributed by atoms with Crippen LogP contribution in [-0.4, -0.2) is 60.9 Å². The smallest absolute Gasteiger partial charge is 0.341 e. The Morgan fingerprint density at radius 1 is 1.22 bits per heavy atom. The predicted octanol–water partition coefficient (Wildman–Crippen LogP) is 2.58. The monoisotopic (exact) mass is 377 g/mol. The van der Waals surface area contributed by atoms with Gasteiger partial charge in [0.05, 0.1) is 6.61 Å². The van der Waals surface area contributed by atoms with Crippen LogP contribution in [0, 0.1) is 5.41 Å². The molecule has 1 aromatic rings. The maximum absolute atomic E-state index is 13.1. The van der Waals surface area contributed by atoms with E-state index in [-0.39, 0.29) is 17.4 Å². The molecule has 7 heteroatoms. The maximum Gasteiger partial charge on any atom is 0.341 e. The topological polar surface area (TPSA) is 85.3 Å². The van der Waals surface area contributed by atoms with E-state index in [9.17, 15) is 9.59 Å². The van der Waals surface area contributed by atoms with E-state index in [0.717, 1.165) is 39.0 Å². The number of ether oxygens (including phenoxy) is 3. The SMILES string of the molecule is CCOc1cc(C(=O)N2CCC3(CCOCC3)C2C)ccc1OCC(=O)O. The fourth-order valence-electron chi connectivity index (χ4n) is 4.13. The molecule has 27 heavy (non-hydrogen) atoms. The number of benzene rings is 1. The lowest BCUT2D eigenvalue weighted by Gasteiger charge is -2.38. The first-order valence-corrected chi connectivity index (χ1v) is 9.47. The van der Waals surface area contributed by atoms with Gasteiger partial charge in [-0.2, -0.15) is 0 Å². The largest absolute Gasteiger partial charge is 0.490 e. The number of carbonyl (C=O) groups excluding carboxylic acids is 1. The highest BCUT2D eigenvalue weighted by molar-refractivity contribution is 5.95. The van der Waals surface area contributed by atoms with Crippen molar-refractivity contribution >= 4 is 11.9 Å². The van der Waals surface area contributed by atoms with Crippen LogP contribution in [0.15, 0.2) is 18.2 Å². The molecule has 0 saturated carbocycles. The Labute approximate surface area is 159 Å². The van der Waals surface area contributed by atoms with Gasteiger partial charge in [-0.15, -0.1) is 0 Å². The van der Waals surface area contributed by atoms with E-state index >= 15 is 0 Å². The molecular formula is C20H27NO6. The van der Waals surface area contributed by atoms with Crippen molar-refractivity contribution in [1.82, 2.24) is 4.90 Å². The summed E-state index contributed by atoms with van der Waals surface area (Å²) in [6, 6.07) is 5.08. The number of hydrogen-bond acceptors (Lipinski definition) is 5. The molecule has 0 aromatic heterocycles. The van der Waals surface area contributed by atoms with Gasteiger partial charge in [0.25, 0.3) is 5.91 Å². The van der Waals surface area contributed by atoms with Crippen molar-refractivity contribution in [3.63, 3.8) is 0 Å². The standard InChI is InChI=1S/C20H27NO6/c1-3-26-17-12-15(4-5-16(17)27-13-18(22)23)19(24)21-9-6-20(14(21)2)7-10-25-11-8-20/h4-5,12,14H,3,6-11,13H2,1-2H3,(H,22,23). The Morgan fingerprint density at radius 3 is 2.63 bits per heavy atom. The fourth-order valence-corrected chi connectivity index (χ4v) is 4.13. The number of amides is 1. The molecule has 2 heterocycles. The minimum absolute atomic E-state index is 0.0309. The first kappa shape index (κ1) is 19.5. The van der Waals surface area contributed by atoms with Crippen LogP contribution in [0.1, 0.15) is 43.5 Å². The van der Waals surface area contributed by atoms with Gasteiger partial charge in [-0.25, -0.2) is 4.79 Å². The molecule has 1 unspecified atom stereocenters. The lowest BCUT2D eigenvalue weighted by atomic mass is 9.74. The number of carboxylic acid groups (broad SMARTS) is 1. The second-order valence-corrected chi connectivity index (χ2v) is 7.18. The number of rotatable bonds is 6. The van der Waals surface area contributed by atoms with Crippen molar-refractivity contribution in [2.45, 2.75) is 39.2 Å². The molecule has 1 aromatic carbocycles. The zero-order chi connectivity index (χ0) is 19.4. The van der Waals surface area contributed by atoms with E-state index in [1.165, 1.54) is 0 Å². The summed E-state index contributed by atoms with van der Waals surface area (Å²) in [4.78, 5) is 25.8. The second kappa shape index (κ2) is 8.17. The third-order valence-corrected chi connectivity index (χ3v) is 5.80. The minimum Gasteiger partial charge on any atom is -0.490 e. The maximum atomic E-state index is 13.1. The van der Waals surface area contributed by atoms with E-state index in [4.69, 9.17) is 19.3 Å². The molecule has 148 valence electrons. The molecule has 0 radical (unpaired) electrons. The molecule has 2 fully saturated rings. The highest BCUT2D eigenvalue weighted by Crippen LogP contribution is 2.45. The number of likely N-dealkylation sites (tertiary alicyclic amines) is 1. The van der Waals surface area contributed by atoms with Crippen molar-refractivity contribution in [3.05, 3.63) is 23.8 Å². The molecule has 0 aliphatic carbocycles. The lowest BCUT2D eigenvalue weighted by Crippen LogP contribution is -2.43. The number of carboxylic acids is 1. The second-order valence-electron chi connectivity index (χ2n) is 7.18. The van der Waals surface area contributed by atoms with E-state index in [2.05, 4.69) is 6.92 Å². The van der Waals surface area contributed by atoms with Gasteiger partial charge in [-0.1, -0.05) is 0 Å². The van der Waals surface area contributed by atoms with Crippen LogP contribution in [0.2, 0.25) is 0 Å². The predicted molar refractivity (Wildman–Crippen MR) is 98.3 cm³/mol. The molecule has 3 rings (SSSR count). The van der Waals surface area contributed by atoms with Crippen LogP contribution in [0.4, 0.5) is 0 Å². The highest BCUT2D eigenvalue weighted by Gasteiger charge is 2.47. The van der Waals surface area contributed by atoms with Crippen LogP contribution < -0.4 is 9.47 Å². The van der Waals surface area contributed by atoms with Crippen molar-refractivity contribution in [3.8, 4) is 11.5 Å². The van der Waals surface area contributed by atoms with E-state index in [1.807, 2.05) is 11.8 Å². The molecule has 2 aliphatic heterocycles. The van der Waals surface area contributed by atoms with Crippen LogP contribution in [-0.2, 0) is 9.53 Å². The van der Waals surface area contributed by atoms with Crippen molar-refractivity contribution in [1.29, 1.82) is 0 Å². The van der Waals surface area contributed by atoms with Gasteiger partial charge >= 0.3 is 5.97 Å². The third-order valence-electron chi connectivity index (χ3n) is 5.80. The number of hydrogen-bond donors (Lipinski definition) is 1. The molecule has 1 N–H and O–H groups in total. The molecule has 0 bridgehead atoms. The number of nitrogens with zero attached hydrogens (tertiary/aromatic N) is 1. The van der Waals surface area contributed by atoms with Crippen LogP contribution in [0.3, 0.4) is 0 Å².